The largest absolute Gasteiger partial charge is 0.496 e. The minimum Gasteiger partial charge on any atom is -0.496 e. The SMILES string of the molecule is COc1ccc(/C=N/NC(=O)CSc2nnc(-c3ccc(C)cc3)n2-c2ccc(Cl)cc2)cc1Br. The van der Waals surface area contributed by atoms with Crippen molar-refractivity contribution in [3.8, 4) is 22.8 Å². The summed E-state index contributed by atoms with van der Waals surface area (Å²) >= 11 is 10.8. The van der Waals surface area contributed by atoms with Crippen LogP contribution >= 0.6 is 39.3 Å². The number of halogens is 2. The van der Waals surface area contributed by atoms with E-state index in [0.717, 1.165) is 32.6 Å². The van der Waals surface area contributed by atoms with E-state index < -0.39 is 0 Å². The van der Waals surface area contributed by atoms with E-state index >= 15 is 0 Å². The fraction of sp³-hybridized carbons (Fsp3) is 0.120. The summed E-state index contributed by atoms with van der Waals surface area (Å²) in [6.07, 6.45) is 1.57. The molecule has 0 saturated carbocycles. The lowest BCUT2D eigenvalue weighted by Gasteiger charge is -2.10. The van der Waals surface area contributed by atoms with Crippen molar-refractivity contribution in [3.63, 3.8) is 0 Å². The molecule has 4 rings (SSSR count). The van der Waals surface area contributed by atoms with E-state index in [-0.39, 0.29) is 11.7 Å². The lowest BCUT2D eigenvalue weighted by atomic mass is 10.1. The molecule has 0 aliphatic heterocycles. The molecule has 1 N–H and O–H groups in total. The lowest BCUT2D eigenvalue weighted by Crippen LogP contribution is -2.20. The Morgan fingerprint density at radius 2 is 1.89 bits per heavy atom. The molecule has 35 heavy (non-hydrogen) atoms. The highest BCUT2D eigenvalue weighted by molar-refractivity contribution is 9.10. The zero-order valence-corrected chi connectivity index (χ0v) is 22.1. The van der Waals surface area contributed by atoms with E-state index in [0.29, 0.717) is 16.0 Å². The van der Waals surface area contributed by atoms with E-state index in [9.17, 15) is 4.79 Å². The molecule has 0 fully saturated rings. The van der Waals surface area contributed by atoms with Gasteiger partial charge in [0.25, 0.3) is 5.91 Å². The first-order valence-electron chi connectivity index (χ1n) is 10.5. The summed E-state index contributed by atoms with van der Waals surface area (Å²) in [7, 11) is 1.60. The van der Waals surface area contributed by atoms with Gasteiger partial charge < -0.3 is 4.74 Å². The van der Waals surface area contributed by atoms with Gasteiger partial charge in [-0.05, 0) is 70.9 Å². The molecular weight excluding hydrogens is 550 g/mol. The third kappa shape index (κ3) is 6.30. The number of amides is 1. The molecule has 0 radical (unpaired) electrons. The number of nitrogens with one attached hydrogen (secondary N) is 1. The highest BCUT2D eigenvalue weighted by Gasteiger charge is 2.17. The molecule has 0 saturated heterocycles. The van der Waals surface area contributed by atoms with Crippen LogP contribution in [-0.4, -0.2) is 39.7 Å². The van der Waals surface area contributed by atoms with Crippen molar-refractivity contribution in [2.75, 3.05) is 12.9 Å². The van der Waals surface area contributed by atoms with Crippen molar-refractivity contribution in [1.82, 2.24) is 20.2 Å². The van der Waals surface area contributed by atoms with Crippen molar-refractivity contribution < 1.29 is 9.53 Å². The van der Waals surface area contributed by atoms with Gasteiger partial charge in [-0.25, -0.2) is 5.43 Å². The monoisotopic (exact) mass is 569 g/mol. The van der Waals surface area contributed by atoms with Crippen LogP contribution in [0.25, 0.3) is 17.1 Å². The number of carbonyl (C=O) groups is 1. The summed E-state index contributed by atoms with van der Waals surface area (Å²) in [6.45, 7) is 2.03. The number of aryl methyl sites for hydroxylation is 1. The van der Waals surface area contributed by atoms with Crippen molar-refractivity contribution >= 4 is 51.4 Å². The van der Waals surface area contributed by atoms with Crippen LogP contribution in [0.4, 0.5) is 0 Å². The molecule has 178 valence electrons. The molecule has 7 nitrogen and oxygen atoms in total. The number of methoxy groups -OCH3 is 1. The Kier molecular flexibility index (Phi) is 8.22. The van der Waals surface area contributed by atoms with Crippen LogP contribution in [0.5, 0.6) is 5.75 Å². The van der Waals surface area contributed by atoms with Crippen LogP contribution in [0.1, 0.15) is 11.1 Å². The zero-order chi connectivity index (χ0) is 24.8. The molecule has 0 aliphatic rings. The number of hydrogen-bond acceptors (Lipinski definition) is 6. The maximum atomic E-state index is 12.4. The Bertz CT molecular complexity index is 1360. The van der Waals surface area contributed by atoms with Crippen molar-refractivity contribution in [3.05, 3.63) is 87.4 Å². The number of aromatic nitrogens is 3. The van der Waals surface area contributed by atoms with Crippen molar-refractivity contribution in [2.24, 2.45) is 5.10 Å². The second-order valence-corrected chi connectivity index (χ2v) is 9.69. The molecule has 10 heteroatoms. The predicted molar refractivity (Wildman–Crippen MR) is 144 cm³/mol. The Morgan fingerprint density at radius 1 is 1.14 bits per heavy atom. The van der Waals surface area contributed by atoms with Crippen LogP contribution in [0.2, 0.25) is 5.02 Å². The topological polar surface area (TPSA) is 81.4 Å². The fourth-order valence-electron chi connectivity index (χ4n) is 3.18. The smallest absolute Gasteiger partial charge is 0.250 e. The highest BCUT2D eigenvalue weighted by atomic mass is 79.9. The van der Waals surface area contributed by atoms with Gasteiger partial charge in [-0.1, -0.05) is 53.2 Å². The summed E-state index contributed by atoms with van der Waals surface area (Å²) in [5.74, 6) is 1.25. The summed E-state index contributed by atoms with van der Waals surface area (Å²) in [5, 5.41) is 14.0. The molecule has 0 aliphatic carbocycles. The quantitative estimate of drug-likeness (QED) is 0.162. The number of thioether (sulfide) groups is 1. The standard InChI is InChI=1S/C25H21BrClN5O2S/c1-16-3-6-18(7-4-16)24-30-31-25(32(24)20-10-8-19(27)9-11-20)35-15-23(33)29-28-14-17-5-12-22(34-2)21(26)13-17/h3-14H,15H2,1-2H3,(H,29,33)/b28-14+. The molecule has 0 unspecified atom stereocenters. The Hall–Kier alpha value is -3.14. The van der Waals surface area contributed by atoms with E-state index in [2.05, 4.69) is 36.7 Å². The molecule has 1 aromatic heterocycles. The third-order valence-corrected chi connectivity index (χ3v) is 6.74. The summed E-state index contributed by atoms with van der Waals surface area (Å²) in [4.78, 5) is 12.4. The number of hydrazone groups is 1. The molecule has 1 amide bonds. The number of hydrogen-bond donors (Lipinski definition) is 1. The van der Waals surface area contributed by atoms with Gasteiger partial charge >= 0.3 is 0 Å². The summed E-state index contributed by atoms with van der Waals surface area (Å²) < 4.78 is 7.93. The van der Waals surface area contributed by atoms with Crippen LogP contribution < -0.4 is 10.2 Å². The molecular formula is C25H21BrClN5O2S. The Morgan fingerprint density at radius 3 is 2.57 bits per heavy atom. The van der Waals surface area contributed by atoms with E-state index in [1.165, 1.54) is 11.8 Å². The minimum atomic E-state index is -0.263. The highest BCUT2D eigenvalue weighted by Crippen LogP contribution is 2.29. The van der Waals surface area contributed by atoms with Gasteiger partial charge in [0.2, 0.25) is 0 Å². The van der Waals surface area contributed by atoms with Gasteiger partial charge in [-0.15, -0.1) is 10.2 Å². The average molecular weight is 571 g/mol. The van der Waals surface area contributed by atoms with Crippen molar-refractivity contribution in [2.45, 2.75) is 12.1 Å². The molecule has 0 bridgehead atoms. The number of ether oxygens (including phenoxy) is 1. The molecule has 4 aromatic rings. The Balaban J connectivity index is 1.48. The predicted octanol–water partition coefficient (Wildman–Crippen LogP) is 5.91. The summed E-state index contributed by atoms with van der Waals surface area (Å²) in [5.41, 5.74) is 6.29. The second-order valence-electron chi connectivity index (χ2n) is 7.46. The molecule has 3 aromatic carbocycles. The lowest BCUT2D eigenvalue weighted by molar-refractivity contribution is -0.118. The van der Waals surface area contributed by atoms with Gasteiger partial charge in [0.1, 0.15) is 5.75 Å². The van der Waals surface area contributed by atoms with E-state index in [1.807, 2.05) is 78.2 Å². The molecule has 1 heterocycles. The van der Waals surface area contributed by atoms with Gasteiger partial charge in [-0.2, -0.15) is 5.10 Å². The molecule has 0 atom stereocenters. The first-order valence-corrected chi connectivity index (χ1v) is 12.7. The second kappa shape index (κ2) is 11.5. The van der Waals surface area contributed by atoms with Crippen LogP contribution in [0, 0.1) is 6.92 Å². The number of nitrogens with zero attached hydrogens (tertiary/aromatic N) is 4. The van der Waals surface area contributed by atoms with Crippen LogP contribution in [0.15, 0.2) is 81.5 Å². The average Bonchev–Trinajstić information content (AvgIpc) is 3.28. The first kappa shape index (κ1) is 25.0. The maximum absolute atomic E-state index is 12.4. The van der Waals surface area contributed by atoms with Gasteiger partial charge in [0.05, 0.1) is 23.5 Å². The first-order chi connectivity index (χ1) is 16.9. The van der Waals surface area contributed by atoms with E-state index in [4.69, 9.17) is 16.3 Å². The maximum Gasteiger partial charge on any atom is 0.250 e. The number of carbonyl (C=O) groups excluding carboxylic acids is 1. The number of rotatable bonds is 8. The van der Waals surface area contributed by atoms with Gasteiger partial charge in [-0.3, -0.25) is 9.36 Å². The van der Waals surface area contributed by atoms with E-state index in [1.54, 1.807) is 13.3 Å². The normalized spacial score (nSPS) is 11.1. The third-order valence-electron chi connectivity index (χ3n) is 4.94. The zero-order valence-electron chi connectivity index (χ0n) is 18.9. The fourth-order valence-corrected chi connectivity index (χ4v) is 4.61. The Labute approximate surface area is 220 Å². The van der Waals surface area contributed by atoms with Gasteiger partial charge in [0, 0.05) is 16.3 Å². The van der Waals surface area contributed by atoms with Crippen LogP contribution in [0.3, 0.4) is 0 Å². The van der Waals surface area contributed by atoms with Gasteiger partial charge in [0.15, 0.2) is 11.0 Å². The summed E-state index contributed by atoms with van der Waals surface area (Å²) in [6, 6.07) is 21.0. The van der Waals surface area contributed by atoms with Crippen LogP contribution in [-0.2, 0) is 4.79 Å². The molecule has 0 spiro atoms. The number of benzene rings is 3. The minimum absolute atomic E-state index is 0.114. The van der Waals surface area contributed by atoms with Crippen molar-refractivity contribution in [1.29, 1.82) is 0 Å².